The fourth-order valence-corrected chi connectivity index (χ4v) is 5.69. The van der Waals surface area contributed by atoms with Gasteiger partial charge in [-0.05, 0) is 57.7 Å². The number of carbonyl (C=O) groups is 2. The molecule has 3 aromatic carbocycles. The number of rotatable bonds is 12. The molecule has 3 aromatic rings. The summed E-state index contributed by atoms with van der Waals surface area (Å²) >= 11 is 9.61. The lowest BCUT2D eigenvalue weighted by atomic mass is 10.0. The third kappa shape index (κ3) is 8.31. The maximum absolute atomic E-state index is 14.0. The first-order valence-corrected chi connectivity index (χ1v) is 15.2. The maximum atomic E-state index is 14.0. The molecule has 0 fully saturated rings. The van der Waals surface area contributed by atoms with E-state index in [1.807, 2.05) is 43.3 Å². The van der Waals surface area contributed by atoms with Crippen LogP contribution >= 0.6 is 27.5 Å². The Morgan fingerprint density at radius 2 is 1.63 bits per heavy atom. The highest BCUT2D eigenvalue weighted by molar-refractivity contribution is 9.10. The Hall–Kier alpha value is -2.88. The Balaban J connectivity index is 2.05. The Labute approximate surface area is 238 Å². The van der Waals surface area contributed by atoms with Gasteiger partial charge in [-0.25, -0.2) is 8.42 Å². The van der Waals surface area contributed by atoms with Gasteiger partial charge in [0.2, 0.25) is 21.8 Å². The predicted molar refractivity (Wildman–Crippen MR) is 156 cm³/mol. The van der Waals surface area contributed by atoms with Gasteiger partial charge in [0.15, 0.2) is 0 Å². The van der Waals surface area contributed by atoms with Crippen molar-refractivity contribution < 1.29 is 18.0 Å². The van der Waals surface area contributed by atoms with E-state index in [0.29, 0.717) is 21.7 Å². The molecule has 10 heteroatoms. The zero-order valence-electron chi connectivity index (χ0n) is 21.3. The number of hydrogen-bond acceptors (Lipinski definition) is 4. The first kappa shape index (κ1) is 29.7. The van der Waals surface area contributed by atoms with Crippen LogP contribution in [-0.4, -0.2) is 50.5 Å². The van der Waals surface area contributed by atoms with Crippen LogP contribution < -0.4 is 9.62 Å². The van der Waals surface area contributed by atoms with Gasteiger partial charge in [-0.15, -0.1) is 0 Å². The number of sulfonamides is 1. The summed E-state index contributed by atoms with van der Waals surface area (Å²) in [6.45, 7) is 2.00. The molecule has 0 saturated heterocycles. The highest BCUT2D eigenvalue weighted by atomic mass is 79.9. The van der Waals surface area contributed by atoms with Gasteiger partial charge in [-0.2, -0.15) is 0 Å². The monoisotopic (exact) mass is 619 g/mol. The third-order valence-electron chi connectivity index (χ3n) is 5.86. The highest BCUT2D eigenvalue weighted by Gasteiger charge is 2.33. The SMILES string of the molecule is CCCNC(=O)[C@H](Cc1ccccc1)N(Cc1cccc(Cl)c1)C(=O)CN(c1ccccc1Br)S(C)(=O)=O. The molecule has 1 atom stereocenters. The first-order chi connectivity index (χ1) is 18.1. The second-order valence-electron chi connectivity index (χ2n) is 8.87. The summed E-state index contributed by atoms with van der Waals surface area (Å²) in [4.78, 5) is 28.9. The van der Waals surface area contributed by atoms with Gasteiger partial charge < -0.3 is 10.2 Å². The largest absolute Gasteiger partial charge is 0.354 e. The molecule has 0 saturated carbocycles. The summed E-state index contributed by atoms with van der Waals surface area (Å²) in [5, 5.41) is 3.41. The summed E-state index contributed by atoms with van der Waals surface area (Å²) < 4.78 is 27.2. The number of para-hydroxylation sites is 1. The van der Waals surface area contributed by atoms with Crippen molar-refractivity contribution in [1.82, 2.24) is 10.2 Å². The Kier molecular flexibility index (Phi) is 10.8. The molecule has 3 rings (SSSR count). The Morgan fingerprint density at radius 3 is 2.26 bits per heavy atom. The topological polar surface area (TPSA) is 86.8 Å². The fourth-order valence-electron chi connectivity index (χ4n) is 4.00. The van der Waals surface area contributed by atoms with E-state index in [0.717, 1.165) is 28.1 Å². The van der Waals surface area contributed by atoms with Crippen LogP contribution in [0.3, 0.4) is 0 Å². The molecule has 38 heavy (non-hydrogen) atoms. The fraction of sp³-hybridized carbons (Fsp3) is 0.286. The molecule has 2 amide bonds. The molecule has 0 aromatic heterocycles. The van der Waals surface area contributed by atoms with Gasteiger partial charge in [0.05, 0.1) is 11.9 Å². The lowest BCUT2D eigenvalue weighted by Gasteiger charge is -2.33. The molecule has 1 N–H and O–H groups in total. The van der Waals surface area contributed by atoms with Crippen LogP contribution in [0.4, 0.5) is 5.69 Å². The molecule has 0 aliphatic carbocycles. The van der Waals surface area contributed by atoms with E-state index in [1.165, 1.54) is 4.90 Å². The molecule has 0 spiro atoms. The number of carbonyl (C=O) groups excluding carboxylic acids is 2. The molecule has 0 unspecified atom stereocenters. The average Bonchev–Trinajstić information content (AvgIpc) is 2.88. The van der Waals surface area contributed by atoms with Crippen molar-refractivity contribution in [3.05, 3.63) is 99.5 Å². The van der Waals surface area contributed by atoms with Gasteiger partial charge in [0, 0.05) is 29.0 Å². The van der Waals surface area contributed by atoms with E-state index >= 15 is 0 Å². The molecular weight excluding hydrogens is 590 g/mol. The van der Waals surface area contributed by atoms with E-state index in [4.69, 9.17) is 11.6 Å². The number of nitrogens with one attached hydrogen (secondary N) is 1. The molecule has 7 nitrogen and oxygen atoms in total. The number of nitrogens with zero attached hydrogens (tertiary/aromatic N) is 2. The van der Waals surface area contributed by atoms with Crippen molar-refractivity contribution in [2.75, 3.05) is 23.7 Å². The standard InChI is InChI=1S/C28H31BrClN3O4S/c1-3-16-31-28(35)26(18-21-10-5-4-6-11-21)32(19-22-12-9-13-23(30)17-22)27(34)20-33(38(2,36)37)25-15-8-7-14-24(25)29/h4-15,17,26H,3,16,18-20H2,1-2H3,(H,31,35)/t26-/m0/s1. The quantitative estimate of drug-likeness (QED) is 0.308. The van der Waals surface area contributed by atoms with Crippen molar-refractivity contribution >= 4 is 55.1 Å². The summed E-state index contributed by atoms with van der Waals surface area (Å²) in [5.74, 6) is -0.823. The smallest absolute Gasteiger partial charge is 0.244 e. The van der Waals surface area contributed by atoms with Gasteiger partial charge >= 0.3 is 0 Å². The lowest BCUT2D eigenvalue weighted by Crippen LogP contribution is -2.53. The van der Waals surface area contributed by atoms with Gasteiger partial charge in [0.25, 0.3) is 0 Å². The summed E-state index contributed by atoms with van der Waals surface area (Å²) in [7, 11) is -3.83. The van der Waals surface area contributed by atoms with Crippen LogP contribution in [-0.2, 0) is 32.6 Å². The molecule has 0 aliphatic rings. The maximum Gasteiger partial charge on any atom is 0.244 e. The summed E-state index contributed by atoms with van der Waals surface area (Å²) in [6.07, 6.45) is 2.04. The minimum absolute atomic E-state index is 0.0734. The third-order valence-corrected chi connectivity index (χ3v) is 7.89. The van der Waals surface area contributed by atoms with Crippen LogP contribution in [0.25, 0.3) is 0 Å². The second-order valence-corrected chi connectivity index (χ2v) is 12.1. The van der Waals surface area contributed by atoms with Crippen LogP contribution in [0, 0.1) is 0 Å². The van der Waals surface area contributed by atoms with E-state index in [2.05, 4.69) is 21.2 Å². The summed E-state index contributed by atoms with van der Waals surface area (Å²) in [5.41, 5.74) is 1.93. The number of anilines is 1. The van der Waals surface area contributed by atoms with E-state index in [-0.39, 0.29) is 18.9 Å². The van der Waals surface area contributed by atoms with Crippen molar-refractivity contribution in [2.24, 2.45) is 0 Å². The molecule has 0 heterocycles. The van der Waals surface area contributed by atoms with E-state index < -0.39 is 28.5 Å². The summed E-state index contributed by atoms with van der Waals surface area (Å²) in [6, 6.07) is 22.4. The number of halogens is 2. The van der Waals surface area contributed by atoms with Crippen molar-refractivity contribution in [1.29, 1.82) is 0 Å². The Bertz CT molecular complexity index is 1350. The number of hydrogen-bond donors (Lipinski definition) is 1. The first-order valence-electron chi connectivity index (χ1n) is 12.2. The normalized spacial score (nSPS) is 12.0. The van der Waals surface area contributed by atoms with Gasteiger partial charge in [-0.3, -0.25) is 13.9 Å². The van der Waals surface area contributed by atoms with Gasteiger partial charge in [-0.1, -0.05) is 73.1 Å². The molecule has 0 bridgehead atoms. The van der Waals surface area contributed by atoms with E-state index in [1.54, 1.807) is 42.5 Å². The zero-order valence-corrected chi connectivity index (χ0v) is 24.5. The van der Waals surface area contributed by atoms with E-state index in [9.17, 15) is 18.0 Å². The molecular formula is C28H31BrClN3O4S. The number of benzene rings is 3. The van der Waals surface area contributed by atoms with Crippen LogP contribution in [0.1, 0.15) is 24.5 Å². The van der Waals surface area contributed by atoms with Gasteiger partial charge in [0.1, 0.15) is 12.6 Å². The lowest BCUT2D eigenvalue weighted by molar-refractivity contribution is -0.140. The average molecular weight is 621 g/mol. The highest BCUT2D eigenvalue weighted by Crippen LogP contribution is 2.28. The zero-order chi connectivity index (χ0) is 27.7. The molecule has 202 valence electrons. The Morgan fingerprint density at radius 1 is 0.974 bits per heavy atom. The van der Waals surface area contributed by atoms with Crippen LogP contribution in [0.5, 0.6) is 0 Å². The van der Waals surface area contributed by atoms with Crippen molar-refractivity contribution in [2.45, 2.75) is 32.4 Å². The van der Waals surface area contributed by atoms with Crippen molar-refractivity contribution in [3.8, 4) is 0 Å². The number of amides is 2. The minimum atomic E-state index is -3.83. The van der Waals surface area contributed by atoms with Crippen LogP contribution in [0.15, 0.2) is 83.3 Å². The second kappa shape index (κ2) is 13.8. The molecule has 0 radical (unpaired) electrons. The van der Waals surface area contributed by atoms with Crippen molar-refractivity contribution in [3.63, 3.8) is 0 Å². The minimum Gasteiger partial charge on any atom is -0.354 e. The predicted octanol–water partition coefficient (Wildman–Crippen LogP) is 5.03. The molecule has 0 aliphatic heterocycles. The van der Waals surface area contributed by atoms with Crippen LogP contribution in [0.2, 0.25) is 5.02 Å².